The molecule has 0 aliphatic heterocycles. The van der Waals surface area contributed by atoms with Crippen LogP contribution in [0, 0.1) is 11.3 Å². The smallest absolute Gasteiger partial charge is 0.101 e. The fourth-order valence-electron chi connectivity index (χ4n) is 1.36. The molecule has 5 heteroatoms. The van der Waals surface area contributed by atoms with Crippen molar-refractivity contribution in [1.82, 2.24) is 9.78 Å². The van der Waals surface area contributed by atoms with Crippen LogP contribution in [-0.2, 0) is 7.05 Å². The molecule has 1 N–H and O–H groups in total. The monoisotopic (exact) mass is 276 g/mol. The number of hydrogen-bond acceptors (Lipinski definition) is 3. The van der Waals surface area contributed by atoms with Gasteiger partial charge in [0.15, 0.2) is 0 Å². The molecule has 0 bridgehead atoms. The third-order valence-corrected chi connectivity index (χ3v) is 2.58. The van der Waals surface area contributed by atoms with Crippen molar-refractivity contribution in [1.29, 1.82) is 5.26 Å². The molecule has 16 heavy (non-hydrogen) atoms. The maximum atomic E-state index is 8.99. The molecule has 1 heterocycles. The van der Waals surface area contributed by atoms with E-state index in [0.717, 1.165) is 15.8 Å². The Morgan fingerprint density at radius 1 is 1.50 bits per heavy atom. The summed E-state index contributed by atoms with van der Waals surface area (Å²) in [4.78, 5) is 0. The van der Waals surface area contributed by atoms with Gasteiger partial charge in [-0.25, -0.2) is 0 Å². The van der Waals surface area contributed by atoms with Crippen molar-refractivity contribution in [3.8, 4) is 6.07 Å². The molecule has 1 aromatic heterocycles. The standard InChI is InChI=1S/C11H9BrN4/c1-16-7-10(6-14-16)15-11-3-2-9(12)4-8(11)5-13/h2-4,6-7,15H,1H3. The Balaban J connectivity index is 2.31. The Bertz CT molecular complexity index is 553. The topological polar surface area (TPSA) is 53.6 Å². The summed E-state index contributed by atoms with van der Waals surface area (Å²) in [6.07, 6.45) is 3.56. The predicted octanol–water partition coefficient (Wildman–Crippen LogP) is 2.80. The van der Waals surface area contributed by atoms with Crippen LogP contribution in [0.2, 0.25) is 0 Å². The van der Waals surface area contributed by atoms with E-state index >= 15 is 0 Å². The van der Waals surface area contributed by atoms with Crippen molar-refractivity contribution in [3.63, 3.8) is 0 Å². The van der Waals surface area contributed by atoms with E-state index in [-0.39, 0.29) is 0 Å². The fraction of sp³-hybridized carbons (Fsp3) is 0.0909. The van der Waals surface area contributed by atoms with E-state index in [0.29, 0.717) is 5.56 Å². The highest BCUT2D eigenvalue weighted by Gasteiger charge is 2.03. The van der Waals surface area contributed by atoms with Crippen LogP contribution in [0.15, 0.2) is 35.1 Å². The van der Waals surface area contributed by atoms with Crippen LogP contribution < -0.4 is 5.32 Å². The first-order valence-corrected chi connectivity index (χ1v) is 5.43. The molecule has 0 saturated carbocycles. The maximum Gasteiger partial charge on any atom is 0.101 e. The van der Waals surface area contributed by atoms with E-state index in [9.17, 15) is 0 Å². The highest BCUT2D eigenvalue weighted by atomic mass is 79.9. The van der Waals surface area contributed by atoms with Gasteiger partial charge in [-0.15, -0.1) is 0 Å². The van der Waals surface area contributed by atoms with Crippen molar-refractivity contribution in [2.24, 2.45) is 7.05 Å². The molecule has 0 radical (unpaired) electrons. The van der Waals surface area contributed by atoms with Crippen molar-refractivity contribution < 1.29 is 0 Å². The van der Waals surface area contributed by atoms with Crippen molar-refractivity contribution in [3.05, 3.63) is 40.6 Å². The number of nitrogens with zero attached hydrogens (tertiary/aromatic N) is 3. The van der Waals surface area contributed by atoms with Crippen LogP contribution in [0.5, 0.6) is 0 Å². The first kappa shape index (κ1) is 10.7. The van der Waals surface area contributed by atoms with Gasteiger partial charge >= 0.3 is 0 Å². The van der Waals surface area contributed by atoms with Gasteiger partial charge in [0.1, 0.15) is 6.07 Å². The van der Waals surface area contributed by atoms with E-state index in [1.54, 1.807) is 16.9 Å². The van der Waals surface area contributed by atoms with Crippen molar-refractivity contribution >= 4 is 27.3 Å². The summed E-state index contributed by atoms with van der Waals surface area (Å²) < 4.78 is 2.59. The summed E-state index contributed by atoms with van der Waals surface area (Å²) in [6, 6.07) is 7.67. The highest BCUT2D eigenvalue weighted by molar-refractivity contribution is 9.10. The van der Waals surface area contributed by atoms with Crippen LogP contribution >= 0.6 is 15.9 Å². The average Bonchev–Trinajstić information content (AvgIpc) is 2.67. The van der Waals surface area contributed by atoms with Crippen molar-refractivity contribution in [2.45, 2.75) is 0 Å². The first-order valence-electron chi connectivity index (χ1n) is 4.64. The van der Waals surface area contributed by atoms with Crippen molar-refractivity contribution in [2.75, 3.05) is 5.32 Å². The number of aryl methyl sites for hydroxylation is 1. The van der Waals surface area contributed by atoms with Crippen LogP contribution in [0.25, 0.3) is 0 Å². The highest BCUT2D eigenvalue weighted by Crippen LogP contribution is 2.23. The molecule has 0 spiro atoms. The lowest BCUT2D eigenvalue weighted by molar-refractivity contribution is 0.768. The van der Waals surface area contributed by atoms with Gasteiger partial charge in [-0.1, -0.05) is 15.9 Å². The molecule has 0 saturated heterocycles. The van der Waals surface area contributed by atoms with Gasteiger partial charge in [0.25, 0.3) is 0 Å². The minimum Gasteiger partial charge on any atom is -0.352 e. The van der Waals surface area contributed by atoms with Crippen LogP contribution in [0.3, 0.4) is 0 Å². The molecule has 1 aromatic carbocycles. The van der Waals surface area contributed by atoms with E-state index in [2.05, 4.69) is 32.4 Å². The molecule has 0 fully saturated rings. The summed E-state index contributed by atoms with van der Waals surface area (Å²) in [5.74, 6) is 0. The number of benzene rings is 1. The average molecular weight is 277 g/mol. The largest absolute Gasteiger partial charge is 0.352 e. The summed E-state index contributed by atoms with van der Waals surface area (Å²) >= 11 is 3.33. The zero-order valence-corrected chi connectivity index (χ0v) is 10.2. The number of halogens is 1. The fourth-order valence-corrected chi connectivity index (χ4v) is 1.72. The van der Waals surface area contributed by atoms with Gasteiger partial charge in [0, 0.05) is 17.7 Å². The Kier molecular flexibility index (Phi) is 2.93. The lowest BCUT2D eigenvalue weighted by Crippen LogP contribution is -1.92. The number of nitriles is 1. The third kappa shape index (κ3) is 2.23. The molecule has 4 nitrogen and oxygen atoms in total. The van der Waals surface area contributed by atoms with Gasteiger partial charge in [0.2, 0.25) is 0 Å². The number of anilines is 2. The molecule has 0 amide bonds. The van der Waals surface area contributed by atoms with Gasteiger partial charge in [-0.05, 0) is 18.2 Å². The summed E-state index contributed by atoms with van der Waals surface area (Å²) in [6.45, 7) is 0. The molecular formula is C11H9BrN4. The van der Waals surface area contributed by atoms with Crippen LogP contribution in [-0.4, -0.2) is 9.78 Å². The zero-order valence-electron chi connectivity index (χ0n) is 8.61. The molecule has 2 aromatic rings. The van der Waals surface area contributed by atoms with E-state index in [4.69, 9.17) is 5.26 Å². The molecule has 0 aliphatic rings. The second kappa shape index (κ2) is 4.37. The lowest BCUT2D eigenvalue weighted by atomic mass is 10.2. The molecular weight excluding hydrogens is 268 g/mol. The Morgan fingerprint density at radius 2 is 2.31 bits per heavy atom. The molecule has 0 unspecified atom stereocenters. The van der Waals surface area contributed by atoms with Gasteiger partial charge < -0.3 is 5.32 Å². The van der Waals surface area contributed by atoms with Gasteiger partial charge in [-0.2, -0.15) is 10.4 Å². The van der Waals surface area contributed by atoms with Gasteiger partial charge in [0.05, 0.1) is 23.1 Å². The van der Waals surface area contributed by atoms with E-state index in [1.165, 1.54) is 0 Å². The Labute approximate surface area is 102 Å². The molecule has 80 valence electrons. The SMILES string of the molecule is Cn1cc(Nc2ccc(Br)cc2C#N)cn1. The third-order valence-electron chi connectivity index (χ3n) is 2.09. The number of rotatable bonds is 2. The minimum absolute atomic E-state index is 0.596. The quantitative estimate of drug-likeness (QED) is 0.918. The number of aromatic nitrogens is 2. The second-order valence-electron chi connectivity index (χ2n) is 3.33. The molecule has 0 atom stereocenters. The normalized spacial score (nSPS) is 9.81. The first-order chi connectivity index (χ1) is 7.69. The Morgan fingerprint density at radius 3 is 2.94 bits per heavy atom. The zero-order chi connectivity index (χ0) is 11.5. The van der Waals surface area contributed by atoms with Crippen LogP contribution in [0.1, 0.15) is 5.56 Å². The van der Waals surface area contributed by atoms with Gasteiger partial charge in [-0.3, -0.25) is 4.68 Å². The number of nitrogens with one attached hydrogen (secondary N) is 1. The summed E-state index contributed by atoms with van der Waals surface area (Å²) in [5, 5.41) is 16.2. The minimum atomic E-state index is 0.596. The molecule has 0 aliphatic carbocycles. The van der Waals surface area contributed by atoms with Crippen LogP contribution in [0.4, 0.5) is 11.4 Å². The van der Waals surface area contributed by atoms with E-state index < -0.39 is 0 Å². The predicted molar refractivity (Wildman–Crippen MR) is 65.3 cm³/mol. The summed E-state index contributed by atoms with van der Waals surface area (Å²) in [7, 11) is 1.85. The number of hydrogen-bond donors (Lipinski definition) is 1. The Hall–Kier alpha value is -1.80. The van der Waals surface area contributed by atoms with E-state index in [1.807, 2.05) is 25.4 Å². The summed E-state index contributed by atoms with van der Waals surface area (Å²) in [5.41, 5.74) is 2.23. The lowest BCUT2D eigenvalue weighted by Gasteiger charge is -2.05. The second-order valence-corrected chi connectivity index (χ2v) is 4.25. The molecule has 2 rings (SSSR count). The maximum absolute atomic E-state index is 8.99.